The van der Waals surface area contributed by atoms with Crippen LogP contribution in [0.25, 0.3) is 5.69 Å². The number of aromatic nitrogens is 3. The zero-order chi connectivity index (χ0) is 20.7. The van der Waals surface area contributed by atoms with Crippen LogP contribution in [-0.2, 0) is 22.7 Å². The highest BCUT2D eigenvalue weighted by molar-refractivity contribution is 7.85. The van der Waals surface area contributed by atoms with E-state index in [1.54, 1.807) is 26.8 Å². The molecule has 2 rings (SSSR count). The van der Waals surface area contributed by atoms with Gasteiger partial charge in [0, 0.05) is 14.1 Å². The Morgan fingerprint density at radius 1 is 1.26 bits per heavy atom. The van der Waals surface area contributed by atoms with Crippen molar-refractivity contribution in [1.82, 2.24) is 14.8 Å². The first kappa shape index (κ1) is 21.2. The Morgan fingerprint density at radius 2 is 1.85 bits per heavy atom. The molecule has 0 bridgehead atoms. The van der Waals surface area contributed by atoms with E-state index in [9.17, 15) is 26.1 Å². The van der Waals surface area contributed by atoms with Crippen molar-refractivity contribution in [2.45, 2.75) is 44.2 Å². The molecule has 0 saturated carbocycles. The summed E-state index contributed by atoms with van der Waals surface area (Å²) < 4.78 is 73.5. The summed E-state index contributed by atoms with van der Waals surface area (Å²) in [6.07, 6.45) is -4.35. The Kier molecular flexibility index (Phi) is 5.58. The second-order valence-electron chi connectivity index (χ2n) is 6.54. The lowest BCUT2D eigenvalue weighted by Crippen LogP contribution is -2.17. The molecule has 0 fully saturated rings. The number of alkyl halides is 3. The van der Waals surface area contributed by atoms with Gasteiger partial charge in [0.2, 0.25) is 5.95 Å². The summed E-state index contributed by atoms with van der Waals surface area (Å²) in [7, 11) is -1.59. The molecule has 0 aliphatic heterocycles. The van der Waals surface area contributed by atoms with Crippen LogP contribution in [0, 0.1) is 0 Å². The first-order valence-corrected chi connectivity index (χ1v) is 9.57. The van der Waals surface area contributed by atoms with Gasteiger partial charge < -0.3 is 4.90 Å². The van der Waals surface area contributed by atoms with Crippen LogP contribution in [0.1, 0.15) is 43.6 Å². The number of hydrogen-bond donors (Lipinski definition) is 1. The summed E-state index contributed by atoms with van der Waals surface area (Å²) in [5, 5.41) is 3.54. The van der Waals surface area contributed by atoms with Gasteiger partial charge in [-0.25, -0.2) is 0 Å². The van der Waals surface area contributed by atoms with E-state index in [-0.39, 0.29) is 22.4 Å². The molecule has 1 aromatic heterocycles. The minimum Gasteiger partial charge on any atom is -0.347 e. The van der Waals surface area contributed by atoms with Gasteiger partial charge in [-0.3, -0.25) is 4.55 Å². The standard InChI is InChI=1S/C16H21F3N4O3S/c1-6-10-7-11(9(2)3)13(27(24,25)26)8-12(10)23-15(22(4)5)20-14(21-23)16(17,18)19/h7-9H,6H2,1-5H3,(H,24,25,26). The van der Waals surface area contributed by atoms with Crippen LogP contribution >= 0.6 is 0 Å². The average Bonchev–Trinajstić information content (AvgIpc) is 2.98. The van der Waals surface area contributed by atoms with Gasteiger partial charge in [0.1, 0.15) is 0 Å². The molecule has 1 N–H and O–H groups in total. The highest BCUT2D eigenvalue weighted by Crippen LogP contribution is 2.33. The summed E-state index contributed by atoms with van der Waals surface area (Å²) >= 11 is 0. The zero-order valence-electron chi connectivity index (χ0n) is 15.5. The molecule has 0 amide bonds. The van der Waals surface area contributed by atoms with Crippen molar-refractivity contribution in [3.05, 3.63) is 29.1 Å². The van der Waals surface area contributed by atoms with Crippen LogP contribution in [0.5, 0.6) is 0 Å². The molecule has 0 radical (unpaired) electrons. The Bertz CT molecular complexity index is 951. The van der Waals surface area contributed by atoms with Crippen molar-refractivity contribution >= 4 is 16.1 Å². The van der Waals surface area contributed by atoms with Gasteiger partial charge in [-0.2, -0.15) is 31.3 Å². The highest BCUT2D eigenvalue weighted by Gasteiger charge is 2.38. The molecule has 0 unspecified atom stereocenters. The minimum absolute atomic E-state index is 0.112. The maximum atomic E-state index is 13.1. The van der Waals surface area contributed by atoms with Gasteiger partial charge in [0.05, 0.1) is 10.6 Å². The van der Waals surface area contributed by atoms with E-state index < -0.39 is 22.1 Å². The van der Waals surface area contributed by atoms with Crippen LogP contribution in [0.3, 0.4) is 0 Å². The van der Waals surface area contributed by atoms with Gasteiger partial charge >= 0.3 is 6.18 Å². The number of aryl methyl sites for hydroxylation is 1. The van der Waals surface area contributed by atoms with Crippen LogP contribution in [0.4, 0.5) is 19.1 Å². The SMILES string of the molecule is CCc1cc(C(C)C)c(S(=O)(=O)O)cc1-n1nc(C(F)(F)F)nc1N(C)C. The van der Waals surface area contributed by atoms with Gasteiger partial charge in [-0.15, -0.1) is 5.10 Å². The molecular weight excluding hydrogens is 385 g/mol. The fourth-order valence-corrected chi connectivity index (χ4v) is 3.52. The lowest BCUT2D eigenvalue weighted by Gasteiger charge is -2.19. The number of halogens is 3. The Hall–Kier alpha value is -2.14. The normalized spacial score (nSPS) is 12.7. The van der Waals surface area contributed by atoms with Crippen LogP contribution < -0.4 is 4.90 Å². The first-order chi connectivity index (χ1) is 12.3. The molecule has 0 aliphatic rings. The van der Waals surface area contributed by atoms with Crippen molar-refractivity contribution in [2.75, 3.05) is 19.0 Å². The second-order valence-corrected chi connectivity index (χ2v) is 7.93. The number of benzene rings is 1. The van der Waals surface area contributed by atoms with Gasteiger partial charge in [0.15, 0.2) is 0 Å². The molecule has 0 spiro atoms. The van der Waals surface area contributed by atoms with E-state index in [4.69, 9.17) is 0 Å². The third-order valence-corrected chi connectivity index (χ3v) is 4.87. The molecule has 11 heteroatoms. The largest absolute Gasteiger partial charge is 0.453 e. The molecular formula is C16H21F3N4O3S. The molecule has 1 aromatic carbocycles. The zero-order valence-corrected chi connectivity index (χ0v) is 16.4. The quantitative estimate of drug-likeness (QED) is 0.767. The summed E-state index contributed by atoms with van der Waals surface area (Å²) in [4.78, 5) is 4.50. The number of rotatable bonds is 5. The third kappa shape index (κ3) is 4.24. The molecule has 7 nitrogen and oxygen atoms in total. The highest BCUT2D eigenvalue weighted by atomic mass is 32.2. The first-order valence-electron chi connectivity index (χ1n) is 8.13. The average molecular weight is 406 g/mol. The summed E-state index contributed by atoms with van der Waals surface area (Å²) in [5.74, 6) is -1.68. The maximum Gasteiger partial charge on any atom is 0.453 e. The van der Waals surface area contributed by atoms with Gasteiger partial charge in [-0.1, -0.05) is 26.8 Å². The fourth-order valence-electron chi connectivity index (χ4n) is 2.66. The molecule has 27 heavy (non-hydrogen) atoms. The topological polar surface area (TPSA) is 88.3 Å². The van der Waals surface area contributed by atoms with E-state index in [0.29, 0.717) is 17.5 Å². The second kappa shape index (κ2) is 7.12. The van der Waals surface area contributed by atoms with E-state index >= 15 is 0 Å². The molecule has 2 aromatic rings. The van der Waals surface area contributed by atoms with Crippen molar-refractivity contribution in [3.63, 3.8) is 0 Å². The summed E-state index contributed by atoms with van der Waals surface area (Å²) in [6.45, 7) is 5.30. The van der Waals surface area contributed by atoms with Crippen LogP contribution in [0.15, 0.2) is 17.0 Å². The van der Waals surface area contributed by atoms with E-state index in [1.807, 2.05) is 0 Å². The number of anilines is 1. The molecule has 1 heterocycles. The van der Waals surface area contributed by atoms with Gasteiger partial charge in [-0.05, 0) is 29.5 Å². The smallest absolute Gasteiger partial charge is 0.347 e. The van der Waals surface area contributed by atoms with Crippen molar-refractivity contribution in [3.8, 4) is 5.69 Å². The maximum absolute atomic E-state index is 13.1. The van der Waals surface area contributed by atoms with Crippen LogP contribution in [0.2, 0.25) is 0 Å². The fraction of sp³-hybridized carbons (Fsp3) is 0.500. The summed E-state index contributed by atoms with van der Waals surface area (Å²) in [6, 6.07) is 2.71. The number of hydrogen-bond acceptors (Lipinski definition) is 5. The van der Waals surface area contributed by atoms with E-state index in [0.717, 1.165) is 10.7 Å². The predicted molar refractivity (Wildman–Crippen MR) is 94.0 cm³/mol. The van der Waals surface area contributed by atoms with Crippen molar-refractivity contribution in [1.29, 1.82) is 0 Å². The molecule has 150 valence electrons. The predicted octanol–water partition coefficient (Wildman–Crippen LogP) is 3.28. The summed E-state index contributed by atoms with van der Waals surface area (Å²) in [5.41, 5.74) is 1.06. The lowest BCUT2D eigenvalue weighted by molar-refractivity contribution is -0.144. The third-order valence-electron chi connectivity index (χ3n) is 3.96. The molecule has 0 aliphatic carbocycles. The van der Waals surface area contributed by atoms with E-state index in [1.165, 1.54) is 19.0 Å². The monoisotopic (exact) mass is 406 g/mol. The van der Waals surface area contributed by atoms with Crippen LogP contribution in [-0.4, -0.2) is 41.8 Å². The Balaban J connectivity index is 2.88. The van der Waals surface area contributed by atoms with Crippen molar-refractivity contribution in [2.24, 2.45) is 0 Å². The Morgan fingerprint density at radius 3 is 2.26 bits per heavy atom. The van der Waals surface area contributed by atoms with E-state index in [2.05, 4.69) is 10.1 Å². The Labute approximate surface area is 155 Å². The lowest BCUT2D eigenvalue weighted by atomic mass is 9.98. The van der Waals surface area contributed by atoms with Crippen molar-refractivity contribution < 1.29 is 26.1 Å². The van der Waals surface area contributed by atoms with Gasteiger partial charge in [0.25, 0.3) is 15.9 Å². The molecule has 0 atom stereocenters. The minimum atomic E-state index is -4.76. The molecule has 0 saturated heterocycles. The number of nitrogens with zero attached hydrogens (tertiary/aromatic N) is 4.